The highest BCUT2D eigenvalue weighted by Gasteiger charge is 2.27. The van der Waals surface area contributed by atoms with E-state index in [-0.39, 0.29) is 0 Å². The van der Waals surface area contributed by atoms with Crippen molar-refractivity contribution in [2.45, 2.75) is 58.1 Å². The van der Waals surface area contributed by atoms with Gasteiger partial charge in [0.1, 0.15) is 6.61 Å². The number of hydrogen-bond donors (Lipinski definition) is 1. The first kappa shape index (κ1) is 13.0. The highest BCUT2D eigenvalue weighted by atomic mass is 16.5. The summed E-state index contributed by atoms with van der Waals surface area (Å²) in [5, 5.41) is 3.44. The van der Waals surface area contributed by atoms with E-state index in [1.165, 1.54) is 36.2 Å². The largest absolute Gasteiger partial charge is 0.373 e. The molecule has 19 heavy (non-hydrogen) atoms. The molecule has 104 valence electrons. The summed E-state index contributed by atoms with van der Waals surface area (Å²) in [4.78, 5) is 9.51. The molecule has 1 aliphatic carbocycles. The molecule has 1 N–H and O–H groups in total. The lowest BCUT2D eigenvalue weighted by Gasteiger charge is -2.29. The van der Waals surface area contributed by atoms with E-state index in [2.05, 4.69) is 12.2 Å². The van der Waals surface area contributed by atoms with Crippen LogP contribution in [-0.4, -0.2) is 23.1 Å². The first-order valence-electron chi connectivity index (χ1n) is 7.55. The van der Waals surface area contributed by atoms with Gasteiger partial charge in [-0.2, -0.15) is 0 Å². The zero-order chi connectivity index (χ0) is 13.1. The molecule has 2 heterocycles. The summed E-state index contributed by atoms with van der Waals surface area (Å²) in [6, 6.07) is 0. The number of nitrogens with one attached hydrogen (secondary N) is 1. The van der Waals surface area contributed by atoms with Crippen LogP contribution >= 0.6 is 0 Å². The SMILES string of the molecule is CCCOCc1nc2c(c(C3CCC3)n1)CNCC2. The molecule has 0 saturated heterocycles. The Labute approximate surface area is 115 Å². The fourth-order valence-electron chi connectivity index (χ4n) is 2.81. The summed E-state index contributed by atoms with van der Waals surface area (Å²) in [5.41, 5.74) is 3.93. The molecule has 0 radical (unpaired) electrons. The van der Waals surface area contributed by atoms with Crippen molar-refractivity contribution in [1.82, 2.24) is 15.3 Å². The highest BCUT2D eigenvalue weighted by Crippen LogP contribution is 2.38. The summed E-state index contributed by atoms with van der Waals surface area (Å²) < 4.78 is 5.61. The van der Waals surface area contributed by atoms with Crippen molar-refractivity contribution in [1.29, 1.82) is 0 Å². The molecule has 1 saturated carbocycles. The topological polar surface area (TPSA) is 47.0 Å². The third-order valence-corrected chi connectivity index (χ3v) is 4.08. The first-order valence-corrected chi connectivity index (χ1v) is 7.55. The van der Waals surface area contributed by atoms with E-state index in [9.17, 15) is 0 Å². The van der Waals surface area contributed by atoms with Crippen LogP contribution in [-0.2, 0) is 24.3 Å². The zero-order valence-electron chi connectivity index (χ0n) is 11.7. The van der Waals surface area contributed by atoms with E-state index in [0.29, 0.717) is 12.5 Å². The normalized spacial score (nSPS) is 19.0. The van der Waals surface area contributed by atoms with Gasteiger partial charge in [0.15, 0.2) is 5.82 Å². The quantitative estimate of drug-likeness (QED) is 0.826. The van der Waals surface area contributed by atoms with Gasteiger partial charge in [-0.1, -0.05) is 13.3 Å². The third kappa shape index (κ3) is 2.79. The molecule has 1 aromatic heterocycles. The molecule has 0 bridgehead atoms. The highest BCUT2D eigenvalue weighted by molar-refractivity contribution is 5.31. The Balaban J connectivity index is 1.84. The molecule has 0 amide bonds. The molecular formula is C15H23N3O. The van der Waals surface area contributed by atoms with Crippen molar-refractivity contribution in [3.8, 4) is 0 Å². The Morgan fingerprint density at radius 1 is 1.32 bits per heavy atom. The predicted octanol–water partition coefficient (Wildman–Crippen LogP) is 2.32. The minimum atomic E-state index is 0.564. The number of ether oxygens (including phenoxy) is 1. The van der Waals surface area contributed by atoms with E-state index in [1.807, 2.05) is 0 Å². The van der Waals surface area contributed by atoms with Crippen LogP contribution in [0.2, 0.25) is 0 Å². The maximum Gasteiger partial charge on any atom is 0.154 e. The van der Waals surface area contributed by atoms with Crippen LogP contribution in [0.4, 0.5) is 0 Å². The van der Waals surface area contributed by atoms with Gasteiger partial charge in [-0.3, -0.25) is 0 Å². The fourth-order valence-corrected chi connectivity index (χ4v) is 2.81. The van der Waals surface area contributed by atoms with E-state index >= 15 is 0 Å². The summed E-state index contributed by atoms with van der Waals surface area (Å²) in [6.45, 7) is 5.45. The molecule has 4 heteroatoms. The van der Waals surface area contributed by atoms with Crippen molar-refractivity contribution in [3.63, 3.8) is 0 Å². The zero-order valence-corrected chi connectivity index (χ0v) is 11.7. The van der Waals surface area contributed by atoms with Crippen LogP contribution in [0.1, 0.15) is 61.3 Å². The number of fused-ring (bicyclic) bond motifs is 1. The molecule has 0 spiro atoms. The standard InChI is InChI=1S/C15H23N3O/c1-2-8-19-10-14-17-13-6-7-16-9-12(13)15(18-14)11-4-3-5-11/h11,16H,2-10H2,1H3. The molecule has 0 unspecified atom stereocenters. The van der Waals surface area contributed by atoms with Gasteiger partial charge >= 0.3 is 0 Å². The van der Waals surface area contributed by atoms with Gasteiger partial charge in [-0.25, -0.2) is 9.97 Å². The maximum absolute atomic E-state index is 5.61. The first-order chi connectivity index (χ1) is 9.38. The maximum atomic E-state index is 5.61. The van der Waals surface area contributed by atoms with Crippen LogP contribution in [0.25, 0.3) is 0 Å². The second kappa shape index (κ2) is 5.97. The Hall–Kier alpha value is -1.00. The average Bonchev–Trinajstić information content (AvgIpc) is 2.37. The monoisotopic (exact) mass is 261 g/mol. The number of aromatic nitrogens is 2. The van der Waals surface area contributed by atoms with E-state index < -0.39 is 0 Å². The Morgan fingerprint density at radius 3 is 2.95 bits per heavy atom. The van der Waals surface area contributed by atoms with Gasteiger partial charge < -0.3 is 10.1 Å². The number of nitrogens with zero attached hydrogens (tertiary/aromatic N) is 2. The van der Waals surface area contributed by atoms with Gasteiger partial charge in [0, 0.05) is 37.6 Å². The average molecular weight is 261 g/mol. The molecule has 2 aliphatic rings. The Kier molecular flexibility index (Phi) is 4.09. The second-order valence-corrected chi connectivity index (χ2v) is 5.56. The van der Waals surface area contributed by atoms with Crippen LogP contribution in [0, 0.1) is 0 Å². The summed E-state index contributed by atoms with van der Waals surface area (Å²) in [5.74, 6) is 1.55. The molecule has 1 fully saturated rings. The summed E-state index contributed by atoms with van der Waals surface area (Å²) in [7, 11) is 0. The van der Waals surface area contributed by atoms with Crippen LogP contribution in [0.3, 0.4) is 0 Å². The summed E-state index contributed by atoms with van der Waals surface area (Å²) >= 11 is 0. The van der Waals surface area contributed by atoms with Gasteiger partial charge in [0.2, 0.25) is 0 Å². The molecule has 0 aromatic carbocycles. The van der Waals surface area contributed by atoms with Gasteiger partial charge in [0.25, 0.3) is 0 Å². The smallest absolute Gasteiger partial charge is 0.154 e. The fraction of sp³-hybridized carbons (Fsp3) is 0.733. The van der Waals surface area contributed by atoms with Crippen LogP contribution in [0.15, 0.2) is 0 Å². The van der Waals surface area contributed by atoms with Crippen molar-refractivity contribution in [2.24, 2.45) is 0 Å². The minimum absolute atomic E-state index is 0.564. The number of rotatable bonds is 5. The van der Waals surface area contributed by atoms with Crippen molar-refractivity contribution < 1.29 is 4.74 Å². The van der Waals surface area contributed by atoms with Crippen molar-refractivity contribution >= 4 is 0 Å². The Morgan fingerprint density at radius 2 is 2.21 bits per heavy atom. The molecule has 0 atom stereocenters. The molecular weight excluding hydrogens is 238 g/mol. The van der Waals surface area contributed by atoms with E-state index in [0.717, 1.165) is 38.4 Å². The van der Waals surface area contributed by atoms with Crippen molar-refractivity contribution in [2.75, 3.05) is 13.2 Å². The van der Waals surface area contributed by atoms with Crippen LogP contribution < -0.4 is 5.32 Å². The van der Waals surface area contributed by atoms with E-state index in [4.69, 9.17) is 14.7 Å². The van der Waals surface area contributed by atoms with Crippen LogP contribution in [0.5, 0.6) is 0 Å². The molecule has 4 nitrogen and oxygen atoms in total. The molecule has 1 aromatic rings. The van der Waals surface area contributed by atoms with Gasteiger partial charge in [-0.15, -0.1) is 0 Å². The van der Waals surface area contributed by atoms with Gasteiger partial charge in [-0.05, 0) is 19.3 Å². The Bertz CT molecular complexity index is 443. The second-order valence-electron chi connectivity index (χ2n) is 5.56. The van der Waals surface area contributed by atoms with Gasteiger partial charge in [0.05, 0.1) is 11.4 Å². The van der Waals surface area contributed by atoms with E-state index in [1.54, 1.807) is 0 Å². The van der Waals surface area contributed by atoms with Crippen molar-refractivity contribution in [3.05, 3.63) is 22.8 Å². The third-order valence-electron chi connectivity index (χ3n) is 4.08. The minimum Gasteiger partial charge on any atom is -0.373 e. The predicted molar refractivity (Wildman–Crippen MR) is 74.0 cm³/mol. The lowest BCUT2D eigenvalue weighted by Crippen LogP contribution is -2.29. The lowest BCUT2D eigenvalue weighted by atomic mass is 9.80. The molecule has 3 rings (SSSR count). The number of hydrogen-bond acceptors (Lipinski definition) is 4. The summed E-state index contributed by atoms with van der Waals surface area (Å²) in [6.07, 6.45) is 6.00. The lowest BCUT2D eigenvalue weighted by molar-refractivity contribution is 0.115. The molecule has 1 aliphatic heterocycles.